The van der Waals surface area contributed by atoms with Crippen LogP contribution in [0.25, 0.3) is 0 Å². The van der Waals surface area contributed by atoms with Gasteiger partial charge >= 0.3 is 11.9 Å². The zero-order valence-electron chi connectivity index (χ0n) is 68.3. The molecule has 0 unspecified atom stereocenters. The summed E-state index contributed by atoms with van der Waals surface area (Å²) in [5, 5.41) is 106. The van der Waals surface area contributed by atoms with E-state index >= 15 is 0 Å². The van der Waals surface area contributed by atoms with Crippen molar-refractivity contribution in [3.63, 3.8) is 0 Å². The fourth-order valence-electron chi connectivity index (χ4n) is 13.6. The molecule has 49 nitrogen and oxygen atoms in total. The maximum absolute atomic E-state index is 14.4. The second-order valence-electron chi connectivity index (χ2n) is 30.2. The summed E-state index contributed by atoms with van der Waals surface area (Å²) >= 11 is 0. The number of carboxylic acids is 2. The van der Waals surface area contributed by atoms with Gasteiger partial charge in [-0.05, 0) is 118 Å². The molecule has 4 aliphatic heterocycles. The molecule has 0 radical (unpaired) electrons. The molecule has 4 aliphatic rings. The number of aromatic nitrogens is 2. The average Bonchev–Trinajstić information content (AvgIpc) is 1.66. The third-order valence-corrected chi connectivity index (χ3v) is 20.2. The topological polar surface area (TPSA) is 749 Å². The molecule has 0 aromatic carbocycles. The van der Waals surface area contributed by atoms with Crippen molar-refractivity contribution in [1.29, 1.82) is 0 Å². The van der Waals surface area contributed by atoms with Crippen molar-refractivity contribution in [2.24, 2.45) is 22.4 Å². The number of aliphatic hydroxyl groups is 5. The van der Waals surface area contributed by atoms with Gasteiger partial charge in [-0.3, -0.25) is 96.1 Å². The number of aliphatic hydroxyl groups excluding tert-OH is 5. The number of aromatic amines is 1. The summed E-state index contributed by atoms with van der Waals surface area (Å²) in [6.45, 7) is 6.73. The summed E-state index contributed by atoms with van der Waals surface area (Å²) < 4.78 is 0. The molecular formula is C72H115N23O26. The normalized spacial score (nSPS) is 19.9. The van der Waals surface area contributed by atoms with Gasteiger partial charge in [0.25, 0.3) is 0 Å². The molecular weight excluding hydrogens is 1600 g/mol. The Morgan fingerprint density at radius 1 is 0.479 bits per heavy atom. The van der Waals surface area contributed by atoms with Crippen molar-refractivity contribution in [2.75, 3.05) is 59.0 Å². The number of guanidine groups is 1. The summed E-state index contributed by atoms with van der Waals surface area (Å²) in [5.74, 6) is -20.3. The van der Waals surface area contributed by atoms with Crippen LogP contribution >= 0.6 is 0 Å². The zero-order valence-corrected chi connectivity index (χ0v) is 68.3. The standard InChI is InChI=1S/C72H115N23O26/c1-32(2)52(64(113)92-55(38(8)100)67(116)88-45(30-97)60(109)83-35(5)71(120)121)89-50(102)28-78-57(106)42(24-39-26-75-31-80-39)86-56(105)33(3)81-63(112)47-17-12-22-94(47)70(119)48-18-13-23-95(48)68(117)34(4)82-65(114)53(36(6)98)91-61(110)44(29-96)84-49(101)27-79-62(111)46-16-11-21-93(46)69(118)41(15-10-20-77-72(73)74)85-66(115)54(37(7)99)90-59(108)43(25-51(103)104)87-58(107)40-14-9-19-76-40/h26,31-38,40-48,52-55,76,96-100H,9-25,27-30H2,1-8H3,(H,75,80)(H,78,106)(H,79,111)(H,81,112)(H,82,114)(H,83,109)(H,84,101)(H,85,115)(H,86,105)(H,87,107)(H,88,116)(H,89,102)(H,90,108)(H,91,110)(H,92,113)(H,103,104)(H,120,121)(H4,73,74,77)/t33-,34-,35-,36+,37+,38+,40-,41-,42-,43-,44-,45-,46-,47-,48-,52-,53-,54-,55-/m0/s1. The van der Waals surface area contributed by atoms with Gasteiger partial charge < -0.3 is 147 Å². The average molecular weight is 1720 g/mol. The molecule has 0 saturated carbocycles. The van der Waals surface area contributed by atoms with E-state index in [2.05, 4.69) is 94.7 Å². The van der Waals surface area contributed by atoms with Crippen molar-refractivity contribution in [3.05, 3.63) is 18.2 Å². The van der Waals surface area contributed by atoms with Gasteiger partial charge in [0.15, 0.2) is 5.96 Å². The summed E-state index contributed by atoms with van der Waals surface area (Å²) in [4.78, 5) is 269. The minimum absolute atomic E-state index is 0.00546. The van der Waals surface area contributed by atoms with E-state index in [4.69, 9.17) is 16.6 Å². The van der Waals surface area contributed by atoms with Gasteiger partial charge in [-0.1, -0.05) is 13.8 Å². The lowest BCUT2D eigenvalue weighted by Gasteiger charge is -2.33. The van der Waals surface area contributed by atoms with Gasteiger partial charge in [-0.25, -0.2) is 4.98 Å². The van der Waals surface area contributed by atoms with Crippen LogP contribution in [0.15, 0.2) is 17.5 Å². The van der Waals surface area contributed by atoms with Gasteiger partial charge in [0.1, 0.15) is 90.6 Å². The van der Waals surface area contributed by atoms with Crippen LogP contribution in [-0.4, -0.2) is 353 Å². The van der Waals surface area contributed by atoms with E-state index in [0.29, 0.717) is 37.9 Å². The maximum atomic E-state index is 14.4. The highest BCUT2D eigenvalue weighted by Gasteiger charge is 2.46. The summed E-state index contributed by atoms with van der Waals surface area (Å²) in [6.07, 6.45) is -1.48. The lowest BCUT2D eigenvalue weighted by atomic mass is 10.0. The van der Waals surface area contributed by atoms with E-state index in [1.54, 1.807) is 0 Å². The van der Waals surface area contributed by atoms with Crippen LogP contribution in [0.5, 0.6) is 0 Å². The van der Waals surface area contributed by atoms with E-state index in [-0.39, 0.29) is 77.1 Å². The minimum Gasteiger partial charge on any atom is -0.481 e. The first-order valence-corrected chi connectivity index (χ1v) is 39.6. The molecule has 17 amide bonds. The Morgan fingerprint density at radius 2 is 0.967 bits per heavy atom. The number of nitrogens with two attached hydrogens (primary N) is 2. The molecule has 0 bridgehead atoms. The third-order valence-electron chi connectivity index (χ3n) is 20.2. The predicted molar refractivity (Wildman–Crippen MR) is 418 cm³/mol. The van der Waals surface area contributed by atoms with E-state index in [0.717, 1.165) is 32.6 Å². The Balaban J connectivity index is 1.14. The summed E-state index contributed by atoms with van der Waals surface area (Å²) in [6, 6.07) is -23.6. The molecule has 0 spiro atoms. The third kappa shape index (κ3) is 30.1. The molecule has 121 heavy (non-hydrogen) atoms. The second-order valence-corrected chi connectivity index (χ2v) is 30.2. The molecule has 4 fully saturated rings. The number of aliphatic imine (C=N–C) groups is 1. The SMILES string of the molecule is CC(C)[C@H](NC(=O)CNC(=O)[C@H](Cc1cnc[nH]1)NC(=O)[C@H](C)NC(=O)[C@@H]1CCCN1C(=O)[C@@H]1CCCN1C(=O)[C@H](C)NC(=O)[C@@H](NC(=O)[C@H](CO)NC(=O)CNC(=O)[C@@H]1CCCN1C(=O)[C@H](CCCN=C(N)N)NC(=O)[C@@H](NC(=O)[C@H](CC(=O)O)NC(=O)[C@@H]1CCCN1)[C@@H](C)O)[C@@H](C)O)C(=O)N[C@H](C(=O)N[C@@H](CO)C(=O)N[C@@H](C)C(=O)O)[C@@H](C)O. The number of amides is 17. The largest absolute Gasteiger partial charge is 0.481 e. The molecule has 49 heteroatoms. The molecule has 5 heterocycles. The van der Waals surface area contributed by atoms with E-state index in [1.807, 2.05) is 0 Å². The van der Waals surface area contributed by atoms with E-state index < -0.39 is 266 Å². The first-order chi connectivity index (χ1) is 57.0. The molecule has 27 N–H and O–H groups in total. The number of hydrogen-bond acceptors (Lipinski definition) is 27. The minimum atomic E-state index is -1.86. The zero-order chi connectivity index (χ0) is 90.4. The number of carbonyl (C=O) groups is 19. The Labute approximate surface area is 694 Å². The fraction of sp³-hybridized carbons (Fsp3) is 0.681. The van der Waals surface area contributed by atoms with Gasteiger partial charge in [-0.15, -0.1) is 0 Å². The van der Waals surface area contributed by atoms with Gasteiger partial charge in [0.05, 0.1) is 63.4 Å². The van der Waals surface area contributed by atoms with Crippen LogP contribution in [0.2, 0.25) is 0 Å². The monoisotopic (exact) mass is 1720 g/mol. The highest BCUT2D eigenvalue weighted by Crippen LogP contribution is 2.27. The van der Waals surface area contributed by atoms with Crippen molar-refractivity contribution >= 4 is 118 Å². The number of rotatable bonds is 46. The Morgan fingerprint density at radius 3 is 1.50 bits per heavy atom. The second kappa shape index (κ2) is 47.8. The number of imidazole rings is 1. The molecule has 5 rings (SSSR count). The van der Waals surface area contributed by atoms with Crippen LogP contribution in [0.4, 0.5) is 0 Å². The number of H-pyrrole nitrogens is 1. The van der Waals surface area contributed by atoms with Crippen LogP contribution in [0.1, 0.15) is 132 Å². The summed E-state index contributed by atoms with van der Waals surface area (Å²) in [7, 11) is 0. The lowest BCUT2D eigenvalue weighted by molar-refractivity contribution is -0.148. The van der Waals surface area contributed by atoms with E-state index in [9.17, 15) is 122 Å². The first kappa shape index (κ1) is 99.7. The Kier molecular flexibility index (Phi) is 39.4. The van der Waals surface area contributed by atoms with Crippen LogP contribution in [0, 0.1) is 5.92 Å². The molecule has 1 aromatic heterocycles. The number of nitrogens with one attached hydrogen (secondary N) is 16. The molecule has 1 aromatic rings. The smallest absolute Gasteiger partial charge is 0.325 e. The fourth-order valence-corrected chi connectivity index (χ4v) is 13.6. The molecule has 674 valence electrons. The molecule has 19 atom stereocenters. The van der Waals surface area contributed by atoms with Crippen LogP contribution < -0.4 is 91.2 Å². The predicted octanol–water partition coefficient (Wildman–Crippen LogP) is -12.8. The maximum Gasteiger partial charge on any atom is 0.325 e. The number of hydrogen-bond donors (Lipinski definition) is 25. The van der Waals surface area contributed by atoms with Crippen LogP contribution in [0.3, 0.4) is 0 Å². The lowest BCUT2D eigenvalue weighted by Crippen LogP contribution is -2.61. The van der Waals surface area contributed by atoms with Gasteiger partial charge in [0, 0.05) is 44.5 Å². The highest BCUT2D eigenvalue weighted by atomic mass is 16.4. The number of carboxylic acid groups (broad SMARTS) is 2. The Hall–Kier alpha value is -11.8. The number of aliphatic carboxylic acids is 2. The van der Waals surface area contributed by atoms with E-state index in [1.165, 1.54) is 50.0 Å². The highest BCUT2D eigenvalue weighted by molar-refractivity contribution is 6.02. The van der Waals surface area contributed by atoms with Gasteiger partial charge in [0.2, 0.25) is 100 Å². The van der Waals surface area contributed by atoms with Crippen molar-refractivity contribution in [3.8, 4) is 0 Å². The number of carbonyl (C=O) groups excluding carboxylic acids is 17. The van der Waals surface area contributed by atoms with Gasteiger partial charge in [-0.2, -0.15) is 0 Å². The Bertz CT molecular complexity index is 3890. The van der Waals surface area contributed by atoms with Crippen LogP contribution in [-0.2, 0) is 97.5 Å². The van der Waals surface area contributed by atoms with Crippen molar-refractivity contribution in [2.45, 2.75) is 247 Å². The van der Waals surface area contributed by atoms with Crippen molar-refractivity contribution in [1.82, 2.24) is 104 Å². The molecule has 4 saturated heterocycles. The number of likely N-dealkylation sites (tertiary alicyclic amines) is 3. The summed E-state index contributed by atoms with van der Waals surface area (Å²) in [5.41, 5.74) is 11.3. The number of nitrogens with zero attached hydrogens (tertiary/aromatic N) is 5. The quantitative estimate of drug-likeness (QED) is 0.0164. The van der Waals surface area contributed by atoms with Crippen molar-refractivity contribution < 1.29 is 127 Å². The first-order valence-electron chi connectivity index (χ1n) is 39.6. The molecule has 0 aliphatic carbocycles.